The molecule has 3 aliphatic rings. The standard InChI is InChI=1S/C14H16O2/c1-2-4-10(5-3-1)8-15-9-14-12(11-6-7-11)13(14)16-14/h1-5,11-13H,6-9H2. The van der Waals surface area contributed by atoms with Gasteiger partial charge in [-0.25, -0.2) is 0 Å². The predicted molar refractivity (Wildman–Crippen MR) is 59.9 cm³/mol. The first-order valence-electron chi connectivity index (χ1n) is 6.20. The van der Waals surface area contributed by atoms with Crippen molar-refractivity contribution in [2.75, 3.05) is 6.61 Å². The van der Waals surface area contributed by atoms with Crippen molar-refractivity contribution in [2.24, 2.45) is 11.8 Å². The van der Waals surface area contributed by atoms with Gasteiger partial charge in [-0.3, -0.25) is 0 Å². The summed E-state index contributed by atoms with van der Waals surface area (Å²) < 4.78 is 11.4. The predicted octanol–water partition coefficient (Wildman–Crippen LogP) is 2.38. The minimum absolute atomic E-state index is 0.177. The summed E-state index contributed by atoms with van der Waals surface area (Å²) in [6.45, 7) is 1.52. The van der Waals surface area contributed by atoms with Crippen LogP contribution < -0.4 is 0 Å². The Hall–Kier alpha value is -0.860. The van der Waals surface area contributed by atoms with Crippen LogP contribution in [0.1, 0.15) is 18.4 Å². The van der Waals surface area contributed by atoms with Crippen LogP contribution in [0.5, 0.6) is 0 Å². The molecule has 2 aliphatic carbocycles. The molecule has 1 aromatic rings. The Morgan fingerprint density at radius 1 is 1.25 bits per heavy atom. The Balaban J connectivity index is 1.28. The van der Waals surface area contributed by atoms with Crippen molar-refractivity contribution in [2.45, 2.75) is 31.2 Å². The van der Waals surface area contributed by atoms with Gasteiger partial charge in [-0.2, -0.15) is 0 Å². The first kappa shape index (κ1) is 9.20. The molecule has 3 fully saturated rings. The fourth-order valence-electron chi connectivity index (χ4n) is 2.91. The van der Waals surface area contributed by atoms with Gasteiger partial charge in [0.2, 0.25) is 0 Å². The smallest absolute Gasteiger partial charge is 0.124 e. The average molecular weight is 216 g/mol. The third kappa shape index (κ3) is 1.33. The summed E-state index contributed by atoms with van der Waals surface area (Å²) in [4.78, 5) is 0. The van der Waals surface area contributed by atoms with Crippen molar-refractivity contribution in [1.29, 1.82) is 0 Å². The summed E-state index contributed by atoms with van der Waals surface area (Å²) in [7, 11) is 0. The van der Waals surface area contributed by atoms with E-state index in [1.54, 1.807) is 0 Å². The molecule has 84 valence electrons. The molecular formula is C14H16O2. The molecule has 0 amide bonds. The second-order valence-electron chi connectivity index (χ2n) is 5.34. The summed E-state index contributed by atoms with van der Waals surface area (Å²) in [5, 5.41) is 0. The molecule has 0 spiro atoms. The molecule has 0 aromatic heterocycles. The highest BCUT2D eigenvalue weighted by Gasteiger charge is 2.84. The van der Waals surface area contributed by atoms with Crippen molar-refractivity contribution >= 4 is 0 Å². The van der Waals surface area contributed by atoms with Crippen LogP contribution in [0.4, 0.5) is 0 Å². The van der Waals surface area contributed by atoms with Crippen LogP contribution in [-0.2, 0) is 16.1 Å². The molecule has 1 heterocycles. The average Bonchev–Trinajstić information content (AvgIpc) is 3.13. The van der Waals surface area contributed by atoms with E-state index in [-0.39, 0.29) is 5.60 Å². The number of epoxide rings is 1. The Bertz CT molecular complexity index is 398. The van der Waals surface area contributed by atoms with Crippen molar-refractivity contribution in [3.8, 4) is 0 Å². The third-order valence-electron chi connectivity index (χ3n) is 4.12. The van der Waals surface area contributed by atoms with Gasteiger partial charge in [0.05, 0.1) is 19.3 Å². The topological polar surface area (TPSA) is 21.8 Å². The molecule has 1 saturated heterocycles. The van der Waals surface area contributed by atoms with E-state index in [4.69, 9.17) is 9.47 Å². The fourth-order valence-corrected chi connectivity index (χ4v) is 2.91. The molecule has 0 bridgehead atoms. The highest BCUT2D eigenvalue weighted by Crippen LogP contribution is 2.72. The quantitative estimate of drug-likeness (QED) is 0.705. The molecule has 2 heteroatoms. The summed E-state index contributed by atoms with van der Waals surface area (Å²) in [5.41, 5.74) is 1.43. The number of benzene rings is 1. The van der Waals surface area contributed by atoms with Gasteiger partial charge >= 0.3 is 0 Å². The first-order chi connectivity index (χ1) is 7.90. The summed E-state index contributed by atoms with van der Waals surface area (Å²) >= 11 is 0. The lowest BCUT2D eigenvalue weighted by Crippen LogP contribution is -2.16. The van der Waals surface area contributed by atoms with Crippen molar-refractivity contribution < 1.29 is 9.47 Å². The molecule has 0 radical (unpaired) electrons. The molecule has 1 aromatic carbocycles. The molecule has 3 unspecified atom stereocenters. The Labute approximate surface area is 95.6 Å². The van der Waals surface area contributed by atoms with Crippen molar-refractivity contribution in [1.82, 2.24) is 0 Å². The highest BCUT2D eigenvalue weighted by molar-refractivity contribution is 5.31. The molecule has 0 N–H and O–H groups in total. The second-order valence-corrected chi connectivity index (χ2v) is 5.34. The zero-order valence-corrected chi connectivity index (χ0v) is 9.26. The molecule has 1 aliphatic heterocycles. The van der Waals surface area contributed by atoms with E-state index in [1.165, 1.54) is 18.4 Å². The van der Waals surface area contributed by atoms with Gasteiger partial charge in [0, 0.05) is 5.92 Å². The van der Waals surface area contributed by atoms with E-state index in [1.807, 2.05) is 6.07 Å². The van der Waals surface area contributed by atoms with Gasteiger partial charge < -0.3 is 9.47 Å². The van der Waals surface area contributed by atoms with E-state index in [0.29, 0.717) is 6.10 Å². The summed E-state index contributed by atoms with van der Waals surface area (Å²) in [6, 6.07) is 10.4. The molecule has 3 atom stereocenters. The lowest BCUT2D eigenvalue weighted by Gasteiger charge is -2.10. The zero-order valence-electron chi connectivity index (χ0n) is 9.26. The van der Waals surface area contributed by atoms with Gasteiger partial charge in [-0.1, -0.05) is 30.3 Å². The van der Waals surface area contributed by atoms with Gasteiger partial charge in [-0.15, -0.1) is 0 Å². The van der Waals surface area contributed by atoms with Crippen molar-refractivity contribution in [3.63, 3.8) is 0 Å². The van der Waals surface area contributed by atoms with E-state index < -0.39 is 0 Å². The first-order valence-corrected chi connectivity index (χ1v) is 6.20. The molecular weight excluding hydrogens is 200 g/mol. The van der Waals surface area contributed by atoms with Crippen LogP contribution in [0.3, 0.4) is 0 Å². The lowest BCUT2D eigenvalue weighted by molar-refractivity contribution is 0.0348. The second kappa shape index (κ2) is 3.08. The summed E-state index contributed by atoms with van der Waals surface area (Å²) in [5.74, 6) is 1.82. The van der Waals surface area contributed by atoms with Crippen LogP contribution in [0.15, 0.2) is 30.3 Å². The highest BCUT2D eigenvalue weighted by atomic mass is 16.7. The molecule has 4 rings (SSSR count). The van der Waals surface area contributed by atoms with E-state index >= 15 is 0 Å². The maximum Gasteiger partial charge on any atom is 0.124 e. The van der Waals surface area contributed by atoms with E-state index in [2.05, 4.69) is 24.3 Å². The van der Waals surface area contributed by atoms with E-state index in [9.17, 15) is 0 Å². The molecule has 2 nitrogen and oxygen atoms in total. The molecule has 2 saturated carbocycles. The van der Waals surface area contributed by atoms with Gasteiger partial charge in [0.25, 0.3) is 0 Å². The lowest BCUT2D eigenvalue weighted by atomic mass is 10.2. The Morgan fingerprint density at radius 2 is 2.06 bits per heavy atom. The van der Waals surface area contributed by atoms with Gasteiger partial charge in [-0.05, 0) is 24.3 Å². The number of ether oxygens (including phenoxy) is 2. The largest absolute Gasteiger partial charge is 0.374 e. The van der Waals surface area contributed by atoms with Crippen LogP contribution in [0.25, 0.3) is 0 Å². The van der Waals surface area contributed by atoms with Crippen LogP contribution in [-0.4, -0.2) is 18.3 Å². The number of hydrogen-bond acceptors (Lipinski definition) is 2. The van der Waals surface area contributed by atoms with Gasteiger partial charge in [0.15, 0.2) is 0 Å². The maximum absolute atomic E-state index is 5.77. The number of hydrogen-bond donors (Lipinski definition) is 0. The minimum atomic E-state index is 0.177. The Kier molecular flexibility index (Phi) is 1.77. The zero-order chi connectivity index (χ0) is 10.6. The number of fused-ring (bicyclic) bond motifs is 1. The van der Waals surface area contributed by atoms with Gasteiger partial charge in [0.1, 0.15) is 5.60 Å². The Morgan fingerprint density at radius 3 is 2.75 bits per heavy atom. The summed E-state index contributed by atoms with van der Waals surface area (Å²) in [6.07, 6.45) is 3.41. The monoisotopic (exact) mass is 216 g/mol. The minimum Gasteiger partial charge on any atom is -0.374 e. The maximum atomic E-state index is 5.77. The van der Waals surface area contributed by atoms with Crippen molar-refractivity contribution in [3.05, 3.63) is 35.9 Å². The normalized spacial score (nSPS) is 39.2. The fraction of sp³-hybridized carbons (Fsp3) is 0.571. The number of rotatable bonds is 5. The van der Waals surface area contributed by atoms with Crippen LogP contribution in [0, 0.1) is 11.8 Å². The SMILES string of the molecule is c1ccc(COCC23OC2C3C2CC2)cc1. The third-order valence-corrected chi connectivity index (χ3v) is 4.12. The molecule has 16 heavy (non-hydrogen) atoms. The van der Waals surface area contributed by atoms with Crippen LogP contribution >= 0.6 is 0 Å². The van der Waals surface area contributed by atoms with E-state index in [0.717, 1.165) is 25.0 Å². The van der Waals surface area contributed by atoms with Crippen LogP contribution in [0.2, 0.25) is 0 Å².